The van der Waals surface area contributed by atoms with Gasteiger partial charge in [0, 0.05) is 25.5 Å². The van der Waals surface area contributed by atoms with Crippen molar-refractivity contribution in [1.82, 2.24) is 0 Å². The molecule has 0 amide bonds. The zero-order chi connectivity index (χ0) is 17.6. The normalized spacial score (nSPS) is 10.3. The van der Waals surface area contributed by atoms with E-state index < -0.39 is 0 Å². The van der Waals surface area contributed by atoms with Gasteiger partial charge in [0.2, 0.25) is 0 Å². The van der Waals surface area contributed by atoms with Gasteiger partial charge in [-0.05, 0) is 54.7 Å². The van der Waals surface area contributed by atoms with E-state index >= 15 is 0 Å². The summed E-state index contributed by atoms with van der Waals surface area (Å²) in [5, 5.41) is 7.92. The van der Waals surface area contributed by atoms with Crippen LogP contribution in [-0.4, -0.2) is 5.11 Å². The molecule has 0 atom stereocenters. The fourth-order valence-corrected chi connectivity index (χ4v) is 3.86. The highest BCUT2D eigenvalue weighted by atomic mass is 35.5. The summed E-state index contributed by atoms with van der Waals surface area (Å²) in [4.78, 5) is 2.25. The van der Waals surface area contributed by atoms with E-state index in [4.69, 9.17) is 35.4 Å². The lowest BCUT2D eigenvalue weighted by molar-refractivity contribution is 1.40. The maximum atomic E-state index is 6.02. The smallest absolute Gasteiger partial charge is 0.175 e. The van der Waals surface area contributed by atoms with Crippen molar-refractivity contribution in [2.45, 2.75) is 9.79 Å². The van der Waals surface area contributed by atoms with Gasteiger partial charge in [-0.3, -0.25) is 0 Å². The van der Waals surface area contributed by atoms with Gasteiger partial charge < -0.3 is 10.6 Å². The number of para-hydroxylation sites is 1. The Morgan fingerprint density at radius 1 is 0.800 bits per heavy atom. The summed E-state index contributed by atoms with van der Waals surface area (Å²) in [6, 6.07) is 23.4. The average molecular weight is 405 g/mol. The minimum absolute atomic E-state index is 0.472. The van der Waals surface area contributed by atoms with E-state index in [1.807, 2.05) is 36.4 Å². The van der Waals surface area contributed by atoms with Gasteiger partial charge in [-0.2, -0.15) is 0 Å². The summed E-state index contributed by atoms with van der Waals surface area (Å²) in [6.07, 6.45) is 0. The number of halogens is 2. The molecule has 0 aromatic heterocycles. The molecule has 0 aliphatic heterocycles. The monoisotopic (exact) mass is 404 g/mol. The molecule has 0 heterocycles. The number of nitrogens with one attached hydrogen (secondary N) is 2. The van der Waals surface area contributed by atoms with E-state index in [1.54, 1.807) is 30.0 Å². The van der Waals surface area contributed by atoms with Crippen molar-refractivity contribution in [1.29, 1.82) is 0 Å². The lowest BCUT2D eigenvalue weighted by atomic mass is 10.3. The van der Waals surface area contributed by atoms with Gasteiger partial charge in [-0.25, -0.2) is 0 Å². The molecule has 3 rings (SSSR count). The summed E-state index contributed by atoms with van der Waals surface area (Å²) < 4.78 is 0. The first-order valence-corrected chi connectivity index (χ1v) is 9.44. The number of rotatable bonds is 4. The lowest BCUT2D eigenvalue weighted by Crippen LogP contribution is -2.19. The second-order valence-electron chi connectivity index (χ2n) is 5.15. The van der Waals surface area contributed by atoms with Crippen molar-refractivity contribution in [3.63, 3.8) is 0 Å². The fraction of sp³-hybridized carbons (Fsp3) is 0. The van der Waals surface area contributed by atoms with E-state index in [-0.39, 0.29) is 0 Å². The Bertz CT molecular complexity index is 865. The van der Waals surface area contributed by atoms with Gasteiger partial charge in [0.1, 0.15) is 0 Å². The molecule has 0 aliphatic carbocycles. The van der Waals surface area contributed by atoms with Crippen LogP contribution in [0.2, 0.25) is 10.0 Å². The second-order valence-corrected chi connectivity index (χ2v) is 7.54. The van der Waals surface area contributed by atoms with E-state index in [0.717, 1.165) is 21.2 Å². The molecule has 0 aliphatic rings. The zero-order valence-corrected chi connectivity index (χ0v) is 16.1. The predicted octanol–water partition coefficient (Wildman–Crippen LogP) is 6.95. The summed E-state index contributed by atoms with van der Waals surface area (Å²) in [5.74, 6) is 0. The van der Waals surface area contributed by atoms with Crippen molar-refractivity contribution < 1.29 is 0 Å². The maximum Gasteiger partial charge on any atom is 0.175 e. The van der Waals surface area contributed by atoms with Crippen LogP contribution in [0.4, 0.5) is 11.4 Å². The predicted molar refractivity (Wildman–Crippen MR) is 113 cm³/mol. The molecular formula is C19H14Cl2N2S2. The first-order valence-electron chi connectivity index (χ1n) is 7.46. The van der Waals surface area contributed by atoms with Crippen LogP contribution in [0.25, 0.3) is 0 Å². The molecule has 0 radical (unpaired) electrons. The Morgan fingerprint density at radius 3 is 2.16 bits per heavy atom. The number of anilines is 2. The van der Waals surface area contributed by atoms with Crippen LogP contribution >= 0.6 is 47.2 Å². The van der Waals surface area contributed by atoms with Crippen LogP contribution in [0.5, 0.6) is 0 Å². The van der Waals surface area contributed by atoms with Crippen LogP contribution < -0.4 is 10.6 Å². The third-order valence-corrected chi connectivity index (χ3v) is 4.95. The molecule has 6 heteroatoms. The van der Waals surface area contributed by atoms with Crippen LogP contribution in [-0.2, 0) is 0 Å². The van der Waals surface area contributed by atoms with Gasteiger partial charge in [0.15, 0.2) is 5.11 Å². The lowest BCUT2D eigenvalue weighted by Gasteiger charge is -2.14. The zero-order valence-electron chi connectivity index (χ0n) is 13.0. The Balaban J connectivity index is 1.73. The summed E-state index contributed by atoms with van der Waals surface area (Å²) in [5.41, 5.74) is 1.67. The largest absolute Gasteiger partial charge is 0.332 e. The SMILES string of the molecule is S=C(Nc1cc(Cl)cc(Cl)c1)Nc1ccccc1Sc1ccccc1. The molecule has 0 unspecified atom stereocenters. The number of benzene rings is 3. The molecule has 3 aromatic rings. The quantitative estimate of drug-likeness (QED) is 0.459. The molecule has 25 heavy (non-hydrogen) atoms. The standard InChI is InChI=1S/C19H14Cl2N2S2/c20-13-10-14(21)12-15(11-13)22-19(24)23-17-8-4-5-9-18(17)25-16-6-2-1-3-7-16/h1-12H,(H2,22,23,24). The van der Waals surface area contributed by atoms with Gasteiger partial charge >= 0.3 is 0 Å². The molecule has 0 saturated carbocycles. The summed E-state index contributed by atoms with van der Waals surface area (Å²) >= 11 is 19.1. The van der Waals surface area contributed by atoms with Crippen molar-refractivity contribution in [3.8, 4) is 0 Å². The highest BCUT2D eigenvalue weighted by molar-refractivity contribution is 7.99. The fourth-order valence-electron chi connectivity index (χ4n) is 2.19. The average Bonchev–Trinajstić information content (AvgIpc) is 2.56. The van der Waals surface area contributed by atoms with E-state index in [0.29, 0.717) is 15.2 Å². The second kappa shape index (κ2) is 8.59. The Hall–Kier alpha value is -1.72. The van der Waals surface area contributed by atoms with Crippen LogP contribution in [0.15, 0.2) is 82.6 Å². The van der Waals surface area contributed by atoms with Crippen molar-refractivity contribution in [2.24, 2.45) is 0 Å². The first kappa shape index (κ1) is 18.1. The number of thiocarbonyl (C=S) groups is 1. The highest BCUT2D eigenvalue weighted by Crippen LogP contribution is 2.33. The Morgan fingerprint density at radius 2 is 1.44 bits per heavy atom. The van der Waals surface area contributed by atoms with E-state index in [2.05, 4.69) is 28.8 Å². The van der Waals surface area contributed by atoms with Crippen molar-refractivity contribution in [2.75, 3.05) is 10.6 Å². The van der Waals surface area contributed by atoms with E-state index in [1.165, 1.54) is 0 Å². The Kier molecular flexibility index (Phi) is 6.21. The number of hydrogen-bond donors (Lipinski definition) is 2. The number of hydrogen-bond acceptors (Lipinski definition) is 2. The summed E-state index contributed by atoms with van der Waals surface area (Å²) in [6.45, 7) is 0. The molecule has 3 aromatic carbocycles. The van der Waals surface area contributed by atoms with Gasteiger partial charge in [-0.1, -0.05) is 65.3 Å². The van der Waals surface area contributed by atoms with Crippen LogP contribution in [0.3, 0.4) is 0 Å². The van der Waals surface area contributed by atoms with E-state index in [9.17, 15) is 0 Å². The maximum absolute atomic E-state index is 6.02. The molecule has 0 saturated heterocycles. The van der Waals surface area contributed by atoms with Crippen molar-refractivity contribution in [3.05, 3.63) is 82.8 Å². The van der Waals surface area contributed by atoms with Gasteiger partial charge in [0.25, 0.3) is 0 Å². The molecule has 0 fully saturated rings. The highest BCUT2D eigenvalue weighted by Gasteiger charge is 2.07. The molecule has 2 nitrogen and oxygen atoms in total. The summed E-state index contributed by atoms with van der Waals surface area (Å²) in [7, 11) is 0. The van der Waals surface area contributed by atoms with Crippen LogP contribution in [0, 0.1) is 0 Å². The molecule has 0 bridgehead atoms. The minimum atomic E-state index is 0.472. The first-order chi connectivity index (χ1) is 12.1. The molecule has 126 valence electrons. The van der Waals surface area contributed by atoms with Gasteiger partial charge in [-0.15, -0.1) is 0 Å². The topological polar surface area (TPSA) is 24.1 Å². The molecule has 2 N–H and O–H groups in total. The molecular weight excluding hydrogens is 391 g/mol. The minimum Gasteiger partial charge on any atom is -0.332 e. The third-order valence-electron chi connectivity index (χ3n) is 3.23. The van der Waals surface area contributed by atoms with Crippen molar-refractivity contribution >= 4 is 63.7 Å². The van der Waals surface area contributed by atoms with Crippen LogP contribution in [0.1, 0.15) is 0 Å². The molecule has 0 spiro atoms. The Labute approximate surface area is 166 Å². The van der Waals surface area contributed by atoms with Gasteiger partial charge in [0.05, 0.1) is 5.69 Å². The third kappa shape index (κ3) is 5.38.